The highest BCUT2D eigenvalue weighted by Crippen LogP contribution is 2.31. The van der Waals surface area contributed by atoms with E-state index in [1.807, 2.05) is 0 Å². The molecule has 0 saturated heterocycles. The summed E-state index contributed by atoms with van der Waals surface area (Å²) in [4.78, 5) is 30.7. The summed E-state index contributed by atoms with van der Waals surface area (Å²) in [6.45, 7) is 1.02. The summed E-state index contributed by atoms with van der Waals surface area (Å²) in [7, 11) is -0.966. The summed E-state index contributed by atoms with van der Waals surface area (Å²) in [6, 6.07) is 11.6. The summed E-state index contributed by atoms with van der Waals surface area (Å²) >= 11 is 12.1. The maximum absolute atomic E-state index is 12.8. The zero-order valence-electron chi connectivity index (χ0n) is 18.6. The quantitative estimate of drug-likeness (QED) is 0.566. The van der Waals surface area contributed by atoms with Gasteiger partial charge in [0.2, 0.25) is 15.9 Å². The number of halogens is 2. The van der Waals surface area contributed by atoms with Gasteiger partial charge in [-0.2, -0.15) is 0 Å². The van der Waals surface area contributed by atoms with E-state index in [0.717, 1.165) is 9.87 Å². The number of carbonyl (C=O) groups is 2. The standard InChI is InChI=1S/C22H24Cl2N4O5S/c1-26(14-15-6-8-16(9-7-15)21-25-11-13-28(21)22(30)31)19(29)10-12-27(2)34(32,33)20-17(23)4-3-5-18(20)24/h3-9H,10-14H2,1-2H3,(H,30,31). The predicted molar refractivity (Wildman–Crippen MR) is 130 cm³/mol. The second-order valence-electron chi connectivity index (χ2n) is 7.71. The van der Waals surface area contributed by atoms with Gasteiger partial charge in [-0.15, -0.1) is 0 Å². The number of aliphatic imine (C=N–C) groups is 1. The van der Waals surface area contributed by atoms with Crippen molar-refractivity contribution in [1.82, 2.24) is 14.1 Å². The first-order valence-corrected chi connectivity index (χ1v) is 12.5. The zero-order chi connectivity index (χ0) is 25.0. The van der Waals surface area contributed by atoms with Crippen LogP contribution in [0.15, 0.2) is 52.4 Å². The molecule has 0 unspecified atom stereocenters. The Bertz CT molecular complexity index is 1200. The Morgan fingerprint density at radius 1 is 1.09 bits per heavy atom. The monoisotopic (exact) mass is 526 g/mol. The molecule has 0 bridgehead atoms. The first kappa shape index (κ1) is 26.0. The van der Waals surface area contributed by atoms with Crippen molar-refractivity contribution in [1.29, 1.82) is 0 Å². The molecular weight excluding hydrogens is 503 g/mol. The summed E-state index contributed by atoms with van der Waals surface area (Å²) in [5.41, 5.74) is 1.52. The van der Waals surface area contributed by atoms with Crippen LogP contribution in [0.1, 0.15) is 17.5 Å². The van der Waals surface area contributed by atoms with E-state index in [4.69, 9.17) is 23.2 Å². The molecular formula is C22H24Cl2N4O5S. The molecule has 0 aromatic heterocycles. The number of hydrogen-bond donors (Lipinski definition) is 1. The van der Waals surface area contributed by atoms with E-state index < -0.39 is 16.1 Å². The van der Waals surface area contributed by atoms with Gasteiger partial charge in [-0.1, -0.05) is 53.5 Å². The second-order valence-corrected chi connectivity index (χ2v) is 10.5. The minimum absolute atomic E-state index is 0.0151. The Balaban J connectivity index is 1.58. The molecule has 0 atom stereocenters. The van der Waals surface area contributed by atoms with Crippen molar-refractivity contribution in [2.75, 3.05) is 33.7 Å². The molecule has 182 valence electrons. The molecule has 0 radical (unpaired) electrons. The third kappa shape index (κ3) is 5.69. The number of amidine groups is 1. The molecule has 0 spiro atoms. The van der Waals surface area contributed by atoms with Crippen LogP contribution in [-0.2, 0) is 21.4 Å². The molecule has 3 rings (SSSR count). The average molecular weight is 527 g/mol. The number of amides is 2. The van der Waals surface area contributed by atoms with Crippen molar-refractivity contribution in [2.24, 2.45) is 4.99 Å². The van der Waals surface area contributed by atoms with Gasteiger partial charge in [0.25, 0.3) is 0 Å². The predicted octanol–water partition coefficient (Wildman–Crippen LogP) is 3.40. The topological polar surface area (TPSA) is 111 Å². The molecule has 1 N–H and O–H groups in total. The van der Waals surface area contributed by atoms with Gasteiger partial charge in [0.1, 0.15) is 10.7 Å². The molecule has 0 fully saturated rings. The van der Waals surface area contributed by atoms with Crippen molar-refractivity contribution in [2.45, 2.75) is 17.9 Å². The van der Waals surface area contributed by atoms with Gasteiger partial charge in [0.15, 0.2) is 0 Å². The van der Waals surface area contributed by atoms with Gasteiger partial charge in [-0.05, 0) is 17.7 Å². The fraction of sp³-hybridized carbons (Fsp3) is 0.318. The van der Waals surface area contributed by atoms with Crippen LogP contribution in [0.3, 0.4) is 0 Å². The SMILES string of the molecule is CN(Cc1ccc(C2=NCCN2C(=O)O)cc1)C(=O)CCN(C)S(=O)(=O)c1c(Cl)cccc1Cl. The molecule has 9 nitrogen and oxygen atoms in total. The van der Waals surface area contributed by atoms with Crippen LogP contribution in [0.25, 0.3) is 0 Å². The Kier molecular flexibility index (Phi) is 8.19. The highest BCUT2D eigenvalue weighted by atomic mass is 35.5. The van der Waals surface area contributed by atoms with Crippen LogP contribution in [-0.4, -0.2) is 79.2 Å². The Morgan fingerprint density at radius 2 is 1.71 bits per heavy atom. The van der Waals surface area contributed by atoms with E-state index in [1.165, 1.54) is 29.0 Å². The van der Waals surface area contributed by atoms with Gasteiger partial charge in [-0.3, -0.25) is 14.7 Å². The van der Waals surface area contributed by atoms with E-state index in [0.29, 0.717) is 31.0 Å². The molecule has 0 aliphatic carbocycles. The fourth-order valence-corrected chi connectivity index (χ4v) is 5.71. The molecule has 1 heterocycles. The number of rotatable bonds is 8. The van der Waals surface area contributed by atoms with Crippen molar-refractivity contribution in [3.05, 3.63) is 63.6 Å². The Morgan fingerprint density at radius 3 is 2.29 bits per heavy atom. The van der Waals surface area contributed by atoms with Gasteiger partial charge in [0, 0.05) is 39.2 Å². The minimum atomic E-state index is -3.96. The first-order valence-electron chi connectivity index (χ1n) is 10.3. The number of carbonyl (C=O) groups excluding carboxylic acids is 1. The lowest BCUT2D eigenvalue weighted by molar-refractivity contribution is -0.130. The molecule has 1 aliphatic heterocycles. The van der Waals surface area contributed by atoms with Crippen molar-refractivity contribution in [3.8, 4) is 0 Å². The molecule has 2 amide bonds. The first-order chi connectivity index (χ1) is 16.0. The largest absolute Gasteiger partial charge is 0.465 e. The molecule has 2 aromatic carbocycles. The number of benzene rings is 2. The molecule has 2 aromatic rings. The Hall–Kier alpha value is -2.66. The second kappa shape index (κ2) is 10.7. The lowest BCUT2D eigenvalue weighted by Gasteiger charge is -2.21. The summed E-state index contributed by atoms with van der Waals surface area (Å²) in [5.74, 6) is 0.167. The maximum Gasteiger partial charge on any atom is 0.413 e. The maximum atomic E-state index is 12.8. The van der Waals surface area contributed by atoms with Crippen LogP contribution >= 0.6 is 23.2 Å². The van der Waals surface area contributed by atoms with Crippen LogP contribution in [0.5, 0.6) is 0 Å². The Labute approximate surface area is 208 Å². The normalized spacial score (nSPS) is 13.8. The lowest BCUT2D eigenvalue weighted by atomic mass is 10.1. The van der Waals surface area contributed by atoms with Gasteiger partial charge in [-0.25, -0.2) is 17.5 Å². The third-order valence-corrected chi connectivity index (χ3v) is 8.17. The summed E-state index contributed by atoms with van der Waals surface area (Å²) in [6.07, 6.45) is -1.08. The number of sulfonamides is 1. The fourth-order valence-electron chi connectivity index (χ4n) is 3.45. The van der Waals surface area contributed by atoms with E-state index in [9.17, 15) is 23.1 Å². The number of hydrogen-bond acceptors (Lipinski definition) is 5. The lowest BCUT2D eigenvalue weighted by Crippen LogP contribution is -2.34. The van der Waals surface area contributed by atoms with E-state index in [1.54, 1.807) is 37.4 Å². The van der Waals surface area contributed by atoms with E-state index in [-0.39, 0.29) is 33.8 Å². The third-order valence-electron chi connectivity index (χ3n) is 5.36. The van der Waals surface area contributed by atoms with Gasteiger partial charge >= 0.3 is 6.09 Å². The van der Waals surface area contributed by atoms with Gasteiger partial charge < -0.3 is 10.0 Å². The number of carboxylic acid groups (broad SMARTS) is 1. The van der Waals surface area contributed by atoms with Gasteiger partial charge in [0.05, 0.1) is 23.1 Å². The zero-order valence-corrected chi connectivity index (χ0v) is 20.9. The highest BCUT2D eigenvalue weighted by molar-refractivity contribution is 7.89. The van der Waals surface area contributed by atoms with Crippen LogP contribution < -0.4 is 0 Å². The minimum Gasteiger partial charge on any atom is -0.465 e. The average Bonchev–Trinajstić information content (AvgIpc) is 3.27. The van der Waals surface area contributed by atoms with Crippen LogP contribution in [0, 0.1) is 0 Å². The van der Waals surface area contributed by atoms with Crippen molar-refractivity contribution < 1.29 is 23.1 Å². The smallest absolute Gasteiger partial charge is 0.413 e. The van der Waals surface area contributed by atoms with E-state index in [2.05, 4.69) is 4.99 Å². The van der Waals surface area contributed by atoms with E-state index >= 15 is 0 Å². The molecule has 12 heteroatoms. The van der Waals surface area contributed by atoms with Crippen molar-refractivity contribution >= 4 is 51.1 Å². The molecule has 1 aliphatic rings. The van der Waals surface area contributed by atoms with Crippen LogP contribution in [0.4, 0.5) is 4.79 Å². The number of nitrogens with zero attached hydrogens (tertiary/aromatic N) is 4. The molecule has 34 heavy (non-hydrogen) atoms. The summed E-state index contributed by atoms with van der Waals surface area (Å²) < 4.78 is 26.7. The summed E-state index contributed by atoms with van der Waals surface area (Å²) in [5, 5.41) is 9.29. The highest BCUT2D eigenvalue weighted by Gasteiger charge is 2.27. The van der Waals surface area contributed by atoms with Crippen LogP contribution in [0.2, 0.25) is 10.0 Å². The molecule has 0 saturated carbocycles. The van der Waals surface area contributed by atoms with Crippen molar-refractivity contribution in [3.63, 3.8) is 0 Å².